The third-order valence-corrected chi connectivity index (χ3v) is 4.97. The highest BCUT2D eigenvalue weighted by Crippen LogP contribution is 2.52. The molecule has 120 valence electrons. The maximum atomic E-state index is 11.2. The van der Waals surface area contributed by atoms with Crippen LogP contribution in [0.1, 0.15) is 25.0 Å². The summed E-state index contributed by atoms with van der Waals surface area (Å²) in [4.78, 5) is 11.2. The summed E-state index contributed by atoms with van der Waals surface area (Å²) in [6.07, 6.45) is 0.900. The lowest BCUT2D eigenvalue weighted by Crippen LogP contribution is -2.39. The third-order valence-electron chi connectivity index (χ3n) is 4.97. The van der Waals surface area contributed by atoms with Crippen molar-refractivity contribution in [1.82, 2.24) is 0 Å². The summed E-state index contributed by atoms with van der Waals surface area (Å²) < 4.78 is 22.2. The largest absolute Gasteiger partial charge is 0.493 e. The molecule has 0 saturated carbocycles. The second-order valence-electron chi connectivity index (χ2n) is 6.16. The van der Waals surface area contributed by atoms with Gasteiger partial charge in [-0.05, 0) is 42.5 Å². The van der Waals surface area contributed by atoms with Gasteiger partial charge in [0.25, 0.3) is 0 Å². The fraction of sp³-hybridized carbons (Fsp3) is 0.588. The van der Waals surface area contributed by atoms with Crippen molar-refractivity contribution in [2.75, 3.05) is 27.4 Å². The lowest BCUT2D eigenvalue weighted by molar-refractivity contribution is -0.145. The Morgan fingerprint density at radius 2 is 2.00 bits per heavy atom. The van der Waals surface area contributed by atoms with Crippen LogP contribution in [0.25, 0.3) is 0 Å². The van der Waals surface area contributed by atoms with E-state index in [9.17, 15) is 4.79 Å². The SMILES string of the molecule is COc1cc2c(cc1OC)C1(C)OC[C@H](C2)[C@@H]1COC(C)=O. The second kappa shape index (κ2) is 5.47. The molecule has 0 amide bonds. The molecule has 1 fully saturated rings. The first-order valence-electron chi connectivity index (χ1n) is 7.52. The van der Waals surface area contributed by atoms with E-state index in [0.29, 0.717) is 24.9 Å². The summed E-state index contributed by atoms with van der Waals surface area (Å²) in [6, 6.07) is 4.03. The van der Waals surface area contributed by atoms with E-state index in [-0.39, 0.29) is 11.9 Å². The molecule has 5 nitrogen and oxygen atoms in total. The van der Waals surface area contributed by atoms with Gasteiger partial charge in [-0.15, -0.1) is 0 Å². The molecule has 1 saturated heterocycles. The van der Waals surface area contributed by atoms with Crippen molar-refractivity contribution in [2.24, 2.45) is 11.8 Å². The number of ether oxygens (including phenoxy) is 4. The molecule has 1 unspecified atom stereocenters. The molecular formula is C17H22O5. The normalized spacial score (nSPS) is 28.9. The number of benzene rings is 1. The van der Waals surface area contributed by atoms with Gasteiger partial charge in [-0.1, -0.05) is 0 Å². The third kappa shape index (κ3) is 2.24. The summed E-state index contributed by atoms with van der Waals surface area (Å²) in [5, 5.41) is 0. The van der Waals surface area contributed by atoms with E-state index in [1.165, 1.54) is 12.5 Å². The van der Waals surface area contributed by atoms with E-state index in [1.54, 1.807) is 14.2 Å². The van der Waals surface area contributed by atoms with Crippen LogP contribution in [-0.2, 0) is 26.3 Å². The van der Waals surface area contributed by atoms with E-state index in [4.69, 9.17) is 18.9 Å². The minimum absolute atomic E-state index is 0.169. The molecular weight excluding hydrogens is 284 g/mol. The van der Waals surface area contributed by atoms with Crippen molar-refractivity contribution >= 4 is 5.97 Å². The molecule has 0 N–H and O–H groups in total. The molecule has 0 spiro atoms. The van der Waals surface area contributed by atoms with Gasteiger partial charge < -0.3 is 18.9 Å². The van der Waals surface area contributed by atoms with E-state index in [1.807, 2.05) is 12.1 Å². The van der Waals surface area contributed by atoms with Crippen molar-refractivity contribution in [1.29, 1.82) is 0 Å². The summed E-state index contributed by atoms with van der Waals surface area (Å²) >= 11 is 0. The van der Waals surface area contributed by atoms with Gasteiger partial charge in [0.15, 0.2) is 11.5 Å². The Morgan fingerprint density at radius 1 is 1.32 bits per heavy atom. The summed E-state index contributed by atoms with van der Waals surface area (Å²) in [5.41, 5.74) is 1.88. The molecule has 3 atom stereocenters. The molecule has 0 radical (unpaired) electrons. The lowest BCUT2D eigenvalue weighted by atomic mass is 9.69. The number of rotatable bonds is 4. The fourth-order valence-corrected chi connectivity index (χ4v) is 3.77. The molecule has 2 bridgehead atoms. The van der Waals surface area contributed by atoms with E-state index in [0.717, 1.165) is 17.7 Å². The molecule has 5 heteroatoms. The number of esters is 1. The first-order valence-corrected chi connectivity index (χ1v) is 7.52. The van der Waals surface area contributed by atoms with Gasteiger partial charge in [0.2, 0.25) is 0 Å². The Morgan fingerprint density at radius 3 is 2.64 bits per heavy atom. The van der Waals surface area contributed by atoms with Crippen LogP contribution in [0, 0.1) is 11.8 Å². The van der Waals surface area contributed by atoms with Crippen molar-refractivity contribution in [3.05, 3.63) is 23.3 Å². The molecule has 3 rings (SSSR count). The zero-order valence-electron chi connectivity index (χ0n) is 13.5. The predicted octanol–water partition coefficient (Wildman–Crippen LogP) is 2.30. The van der Waals surface area contributed by atoms with Crippen LogP contribution in [0.3, 0.4) is 0 Å². The lowest BCUT2D eigenvalue weighted by Gasteiger charge is -2.38. The topological polar surface area (TPSA) is 54.0 Å². The average molecular weight is 306 g/mol. The Labute approximate surface area is 130 Å². The number of methoxy groups -OCH3 is 2. The molecule has 2 aliphatic rings. The molecule has 1 heterocycles. The van der Waals surface area contributed by atoms with Crippen LogP contribution in [0.5, 0.6) is 11.5 Å². The second-order valence-corrected chi connectivity index (χ2v) is 6.16. The number of fused-ring (bicyclic) bond motifs is 4. The number of hydrogen-bond donors (Lipinski definition) is 0. The first-order chi connectivity index (χ1) is 10.5. The van der Waals surface area contributed by atoms with Crippen LogP contribution in [0.2, 0.25) is 0 Å². The van der Waals surface area contributed by atoms with Crippen LogP contribution < -0.4 is 9.47 Å². The van der Waals surface area contributed by atoms with Gasteiger partial charge in [-0.3, -0.25) is 4.79 Å². The van der Waals surface area contributed by atoms with Gasteiger partial charge >= 0.3 is 5.97 Å². The van der Waals surface area contributed by atoms with E-state index >= 15 is 0 Å². The van der Waals surface area contributed by atoms with Gasteiger partial charge in [0.05, 0.1) is 33.0 Å². The zero-order valence-corrected chi connectivity index (χ0v) is 13.5. The molecule has 1 aromatic carbocycles. The minimum Gasteiger partial charge on any atom is -0.493 e. The first kappa shape index (κ1) is 15.2. The van der Waals surface area contributed by atoms with Crippen molar-refractivity contribution in [3.63, 3.8) is 0 Å². The van der Waals surface area contributed by atoms with Gasteiger partial charge in [-0.25, -0.2) is 0 Å². The Kier molecular flexibility index (Phi) is 3.77. The molecule has 1 aliphatic carbocycles. The Balaban J connectivity index is 2.00. The number of carbonyl (C=O) groups is 1. The van der Waals surface area contributed by atoms with Gasteiger partial charge in [0.1, 0.15) is 0 Å². The van der Waals surface area contributed by atoms with Gasteiger partial charge in [-0.2, -0.15) is 0 Å². The highest BCUT2D eigenvalue weighted by atomic mass is 16.5. The van der Waals surface area contributed by atoms with Crippen molar-refractivity contribution in [3.8, 4) is 11.5 Å². The Hall–Kier alpha value is -1.75. The van der Waals surface area contributed by atoms with Crippen LogP contribution >= 0.6 is 0 Å². The summed E-state index contributed by atoms with van der Waals surface area (Å²) in [5.74, 6) is 1.71. The average Bonchev–Trinajstić information content (AvgIpc) is 2.73. The maximum Gasteiger partial charge on any atom is 0.302 e. The van der Waals surface area contributed by atoms with Crippen LogP contribution in [0.15, 0.2) is 12.1 Å². The number of carbonyl (C=O) groups excluding carboxylic acids is 1. The highest BCUT2D eigenvalue weighted by Gasteiger charge is 2.52. The highest BCUT2D eigenvalue weighted by molar-refractivity contribution is 5.66. The van der Waals surface area contributed by atoms with Crippen molar-refractivity contribution < 1.29 is 23.7 Å². The Bertz CT molecular complexity index is 597. The maximum absolute atomic E-state index is 11.2. The quantitative estimate of drug-likeness (QED) is 0.799. The van der Waals surface area contributed by atoms with Crippen molar-refractivity contribution in [2.45, 2.75) is 25.9 Å². The summed E-state index contributed by atoms with van der Waals surface area (Å²) in [6.45, 7) is 4.59. The van der Waals surface area contributed by atoms with Crippen LogP contribution in [-0.4, -0.2) is 33.4 Å². The van der Waals surface area contributed by atoms with E-state index in [2.05, 4.69) is 6.92 Å². The monoisotopic (exact) mass is 306 g/mol. The zero-order chi connectivity index (χ0) is 15.9. The molecule has 1 aliphatic heterocycles. The predicted molar refractivity (Wildman–Crippen MR) is 80.2 cm³/mol. The minimum atomic E-state index is -0.451. The summed E-state index contributed by atoms with van der Waals surface area (Å²) in [7, 11) is 3.27. The standard InChI is InChI=1S/C17H22O5/c1-10(18)21-9-14-12-5-11-6-15(19-3)16(20-4)7-13(11)17(14,2)22-8-12/h6-7,12,14H,5,8-9H2,1-4H3/t12-,14-,17?/m0/s1. The number of hydrogen-bond acceptors (Lipinski definition) is 5. The fourth-order valence-electron chi connectivity index (χ4n) is 3.77. The van der Waals surface area contributed by atoms with E-state index < -0.39 is 5.60 Å². The van der Waals surface area contributed by atoms with Gasteiger partial charge in [0, 0.05) is 12.8 Å². The molecule has 0 aromatic heterocycles. The smallest absolute Gasteiger partial charge is 0.302 e. The molecule has 1 aromatic rings. The molecule has 22 heavy (non-hydrogen) atoms. The van der Waals surface area contributed by atoms with Crippen LogP contribution in [0.4, 0.5) is 0 Å².